The van der Waals surface area contributed by atoms with Gasteiger partial charge in [-0.1, -0.05) is 49.9 Å². The number of hydrogen-bond donors (Lipinski definition) is 1. The number of methoxy groups -OCH3 is 1. The number of halogens is 3. The van der Waals surface area contributed by atoms with Gasteiger partial charge in [0.25, 0.3) is 0 Å². The second-order valence-electron chi connectivity index (χ2n) is 12.2. The number of aromatic nitrogens is 3. The fourth-order valence-electron chi connectivity index (χ4n) is 6.18. The van der Waals surface area contributed by atoms with E-state index in [9.17, 15) is 18.0 Å². The van der Waals surface area contributed by atoms with Gasteiger partial charge in [-0.25, -0.2) is 14.5 Å². The molecule has 4 aromatic rings. The summed E-state index contributed by atoms with van der Waals surface area (Å²) in [4.78, 5) is 24.2. The van der Waals surface area contributed by atoms with Crippen LogP contribution in [0, 0.1) is 0 Å². The number of urea groups is 1. The van der Waals surface area contributed by atoms with Crippen LogP contribution in [0.3, 0.4) is 0 Å². The molecule has 3 aromatic carbocycles. The molecule has 1 N–H and O–H groups in total. The second-order valence-corrected chi connectivity index (χ2v) is 13.2. The Morgan fingerprint density at radius 3 is 2.50 bits per heavy atom. The van der Waals surface area contributed by atoms with Crippen molar-refractivity contribution >= 4 is 28.6 Å². The van der Waals surface area contributed by atoms with Crippen LogP contribution >= 0.6 is 11.8 Å². The Balaban J connectivity index is 1.06. The van der Waals surface area contributed by atoms with Gasteiger partial charge in [0.05, 0.1) is 12.8 Å². The van der Waals surface area contributed by atoms with Crippen LogP contribution in [0.25, 0.3) is 17.1 Å². The minimum Gasteiger partial charge on any atom is -0.497 e. The van der Waals surface area contributed by atoms with Crippen molar-refractivity contribution in [1.82, 2.24) is 20.1 Å². The second kappa shape index (κ2) is 14.3. The molecule has 0 radical (unpaired) electrons. The van der Waals surface area contributed by atoms with Gasteiger partial charge in [0.2, 0.25) is 0 Å². The van der Waals surface area contributed by atoms with E-state index in [4.69, 9.17) is 4.74 Å². The van der Waals surface area contributed by atoms with Gasteiger partial charge in [-0.15, -0.1) is 18.3 Å². The zero-order chi connectivity index (χ0) is 33.8. The van der Waals surface area contributed by atoms with E-state index in [0.29, 0.717) is 17.4 Å². The lowest BCUT2D eigenvalue weighted by Gasteiger charge is -2.32. The number of alkyl halides is 3. The number of benzene rings is 3. The molecule has 2 unspecified atom stereocenters. The van der Waals surface area contributed by atoms with Crippen LogP contribution in [-0.4, -0.2) is 57.8 Å². The number of anilines is 1. The third kappa shape index (κ3) is 7.95. The summed E-state index contributed by atoms with van der Waals surface area (Å²) in [5, 5.41) is 8.36. The van der Waals surface area contributed by atoms with Crippen LogP contribution in [0.15, 0.2) is 78.0 Å². The number of hydrogen-bond acceptors (Lipinski definition) is 6. The summed E-state index contributed by atoms with van der Waals surface area (Å²) in [6.45, 7) is 5.11. The van der Waals surface area contributed by atoms with Crippen LogP contribution in [0.1, 0.15) is 62.5 Å². The highest BCUT2D eigenvalue weighted by Crippen LogP contribution is 2.37. The van der Waals surface area contributed by atoms with E-state index in [-0.39, 0.29) is 23.7 Å². The Morgan fingerprint density at radius 2 is 1.79 bits per heavy atom. The van der Waals surface area contributed by atoms with Crippen molar-refractivity contribution in [1.29, 1.82) is 0 Å². The molecule has 9 nitrogen and oxygen atoms in total. The number of carbonyl (C=O) groups is 1. The standard InChI is InChI=1S/C35H37F3N6O3S/c1-22(2)30-20-29(46-3)15-16-31(30)43-17-4-18-48-34(43)41-33(45)40-26-10-9-25(19-26)23-5-7-24(8-6-23)32-39-21-44(42-32)27-11-13-28(14-12-27)47-35(36,37)38/h5-8,11-16,20-22,25-26H,4,9-10,17-19H2,1-3H3,(H,40,45)/b41-34-. The van der Waals surface area contributed by atoms with Crippen molar-refractivity contribution in [2.45, 2.75) is 63.8 Å². The van der Waals surface area contributed by atoms with Gasteiger partial charge in [-0.05, 0) is 91.1 Å². The van der Waals surface area contributed by atoms with Gasteiger partial charge in [0.1, 0.15) is 17.8 Å². The summed E-state index contributed by atoms with van der Waals surface area (Å²) >= 11 is 1.61. The molecule has 1 aliphatic heterocycles. The van der Waals surface area contributed by atoms with E-state index in [0.717, 1.165) is 65.7 Å². The number of amides is 2. The van der Waals surface area contributed by atoms with Gasteiger partial charge in [0.15, 0.2) is 11.0 Å². The Hall–Kier alpha value is -4.52. The van der Waals surface area contributed by atoms with Crippen molar-refractivity contribution in [3.05, 3.63) is 84.2 Å². The molecule has 1 saturated heterocycles. The van der Waals surface area contributed by atoms with Crippen LogP contribution in [0.4, 0.5) is 23.7 Å². The molecular weight excluding hydrogens is 641 g/mol. The highest BCUT2D eigenvalue weighted by atomic mass is 32.2. The number of ether oxygens (including phenoxy) is 2. The van der Waals surface area contributed by atoms with E-state index < -0.39 is 6.36 Å². The molecule has 1 saturated carbocycles. The lowest BCUT2D eigenvalue weighted by Crippen LogP contribution is -2.38. The lowest BCUT2D eigenvalue weighted by molar-refractivity contribution is -0.274. The maximum absolute atomic E-state index is 13.2. The maximum Gasteiger partial charge on any atom is 0.573 e. The molecule has 13 heteroatoms. The summed E-state index contributed by atoms with van der Waals surface area (Å²) < 4.78 is 48.3. The summed E-state index contributed by atoms with van der Waals surface area (Å²) in [7, 11) is 1.67. The first-order valence-corrected chi connectivity index (χ1v) is 16.9. The lowest BCUT2D eigenvalue weighted by atomic mass is 9.96. The number of thioether (sulfide) groups is 1. The molecule has 0 spiro atoms. The molecule has 2 fully saturated rings. The van der Waals surface area contributed by atoms with E-state index in [2.05, 4.69) is 68.1 Å². The first-order valence-electron chi connectivity index (χ1n) is 15.9. The summed E-state index contributed by atoms with van der Waals surface area (Å²) in [5.41, 5.74) is 4.77. The first kappa shape index (κ1) is 33.4. The first-order chi connectivity index (χ1) is 23.1. The van der Waals surface area contributed by atoms with Crippen LogP contribution in [0.2, 0.25) is 0 Å². The Bertz CT molecular complexity index is 1760. The van der Waals surface area contributed by atoms with Crippen LogP contribution < -0.4 is 19.7 Å². The molecule has 6 rings (SSSR count). The Labute approximate surface area is 281 Å². The van der Waals surface area contributed by atoms with Gasteiger partial charge in [-0.3, -0.25) is 0 Å². The highest BCUT2D eigenvalue weighted by molar-refractivity contribution is 8.14. The van der Waals surface area contributed by atoms with Crippen molar-refractivity contribution in [3.8, 4) is 28.6 Å². The minimum atomic E-state index is -4.75. The van der Waals surface area contributed by atoms with Crippen molar-refractivity contribution in [2.75, 3.05) is 24.3 Å². The number of aliphatic imine (C=N–C) groups is 1. The molecule has 0 bridgehead atoms. The third-order valence-electron chi connectivity index (χ3n) is 8.56. The van der Waals surface area contributed by atoms with Crippen molar-refractivity contribution in [3.63, 3.8) is 0 Å². The molecule has 2 aliphatic rings. The quantitative estimate of drug-likeness (QED) is 0.200. The molecule has 2 amide bonds. The predicted molar refractivity (Wildman–Crippen MR) is 181 cm³/mol. The maximum atomic E-state index is 13.2. The van der Waals surface area contributed by atoms with Gasteiger partial charge in [0, 0.05) is 29.6 Å². The topological polar surface area (TPSA) is 93.9 Å². The average Bonchev–Trinajstić information content (AvgIpc) is 3.75. The molecular formula is C35H37F3N6O3S. The Morgan fingerprint density at radius 1 is 1.04 bits per heavy atom. The minimum absolute atomic E-state index is 0.0334. The van der Waals surface area contributed by atoms with Crippen LogP contribution in [-0.2, 0) is 0 Å². The largest absolute Gasteiger partial charge is 0.573 e. The zero-order valence-electron chi connectivity index (χ0n) is 26.9. The predicted octanol–water partition coefficient (Wildman–Crippen LogP) is 8.31. The van der Waals surface area contributed by atoms with Gasteiger partial charge < -0.3 is 19.7 Å². The smallest absolute Gasteiger partial charge is 0.497 e. The van der Waals surface area contributed by atoms with Crippen molar-refractivity contribution < 1.29 is 27.4 Å². The molecule has 2 heterocycles. The van der Waals surface area contributed by atoms with E-state index in [1.165, 1.54) is 40.8 Å². The van der Waals surface area contributed by atoms with Crippen molar-refractivity contribution in [2.24, 2.45) is 4.99 Å². The molecule has 1 aliphatic carbocycles. The fraction of sp³-hybridized carbons (Fsp3) is 0.371. The summed E-state index contributed by atoms with van der Waals surface area (Å²) in [6.07, 6.45) is 0.421. The molecule has 48 heavy (non-hydrogen) atoms. The summed E-state index contributed by atoms with van der Waals surface area (Å²) in [6, 6.07) is 19.3. The van der Waals surface area contributed by atoms with Gasteiger partial charge >= 0.3 is 12.4 Å². The fourth-order valence-corrected chi connectivity index (χ4v) is 7.13. The van der Waals surface area contributed by atoms with E-state index >= 15 is 0 Å². The van der Waals surface area contributed by atoms with Crippen LogP contribution in [0.5, 0.6) is 11.5 Å². The van der Waals surface area contributed by atoms with E-state index in [1.807, 2.05) is 18.2 Å². The zero-order valence-corrected chi connectivity index (χ0v) is 27.7. The monoisotopic (exact) mass is 678 g/mol. The third-order valence-corrected chi connectivity index (χ3v) is 9.62. The number of rotatable bonds is 8. The van der Waals surface area contributed by atoms with E-state index in [1.54, 1.807) is 18.9 Å². The number of carbonyl (C=O) groups excluding carboxylic acids is 1. The summed E-state index contributed by atoms with van der Waals surface area (Å²) in [5.74, 6) is 2.51. The number of nitrogens with zero attached hydrogens (tertiary/aromatic N) is 5. The number of amidine groups is 1. The normalized spacial score (nSPS) is 19.1. The van der Waals surface area contributed by atoms with Gasteiger partial charge in [-0.2, -0.15) is 4.99 Å². The molecule has 252 valence electrons. The molecule has 1 aromatic heterocycles. The highest BCUT2D eigenvalue weighted by Gasteiger charge is 2.31. The number of nitrogens with one attached hydrogen (secondary N) is 1. The Kier molecular flexibility index (Phi) is 9.95. The molecule has 2 atom stereocenters. The average molecular weight is 679 g/mol. The SMILES string of the molecule is COc1ccc(N2CCCS/C2=N\C(=O)NC2CCC(c3ccc(-c4ncn(-c5ccc(OC(F)(F)F)cc5)n4)cc3)C2)c(C(C)C)c1.